The molecule has 1 saturated carbocycles. The lowest BCUT2D eigenvalue weighted by molar-refractivity contribution is -0.190. The number of nitrogens with one attached hydrogen (secondary N) is 1. The Labute approximate surface area is 206 Å². The Morgan fingerprint density at radius 2 is 2.09 bits per heavy atom. The molecule has 6 rings (SSSR count). The molecule has 0 radical (unpaired) electrons. The van der Waals surface area contributed by atoms with E-state index in [1.807, 2.05) is 49.4 Å². The average Bonchev–Trinajstić information content (AvgIpc) is 3.21. The summed E-state index contributed by atoms with van der Waals surface area (Å²) >= 11 is 0. The number of carbonyl (C=O) groups excluding carboxylic acids is 1. The molecule has 1 saturated heterocycles. The van der Waals surface area contributed by atoms with Crippen LogP contribution >= 0.6 is 0 Å². The van der Waals surface area contributed by atoms with E-state index in [0.717, 1.165) is 29.8 Å². The largest absolute Gasteiger partial charge is 0.504 e. The number of hydrogen-bond acceptors (Lipinski definition) is 5. The first-order chi connectivity index (χ1) is 16.9. The molecule has 2 aliphatic heterocycles. The van der Waals surface area contributed by atoms with Gasteiger partial charge in [0.05, 0.1) is 23.0 Å². The zero-order chi connectivity index (χ0) is 24.4. The van der Waals surface area contributed by atoms with Crippen LogP contribution in [-0.4, -0.2) is 57.9 Å². The second-order valence-corrected chi connectivity index (χ2v) is 10.7. The Bertz CT molecular complexity index is 1170. The number of aromatic hydroxyl groups is 1. The smallest absolute Gasteiger partial charge is 0.227 e. The minimum Gasteiger partial charge on any atom is -0.504 e. The summed E-state index contributed by atoms with van der Waals surface area (Å²) < 4.78 is 6.54. The molecule has 4 aliphatic rings. The summed E-state index contributed by atoms with van der Waals surface area (Å²) in [5.74, 6) is 0.363. The summed E-state index contributed by atoms with van der Waals surface area (Å²) in [6.45, 7) is 7.50. The van der Waals surface area contributed by atoms with E-state index < -0.39 is 17.1 Å². The molecule has 6 atom stereocenters. The number of benzene rings is 2. The van der Waals surface area contributed by atoms with Crippen molar-refractivity contribution in [1.82, 2.24) is 10.2 Å². The van der Waals surface area contributed by atoms with E-state index in [-0.39, 0.29) is 29.7 Å². The number of piperidine rings is 1. The molecule has 6 heteroatoms. The third-order valence-corrected chi connectivity index (χ3v) is 9.19. The van der Waals surface area contributed by atoms with Gasteiger partial charge in [0.2, 0.25) is 5.91 Å². The van der Waals surface area contributed by atoms with Gasteiger partial charge in [0, 0.05) is 18.2 Å². The van der Waals surface area contributed by atoms with E-state index in [4.69, 9.17) is 4.74 Å². The molecule has 3 N–H and O–H groups in total. The van der Waals surface area contributed by atoms with Crippen molar-refractivity contribution in [1.29, 1.82) is 0 Å². The van der Waals surface area contributed by atoms with Crippen LogP contribution in [0.1, 0.15) is 55.2 Å². The predicted octanol–water partition coefficient (Wildman–Crippen LogP) is 3.41. The van der Waals surface area contributed by atoms with Crippen LogP contribution in [-0.2, 0) is 16.6 Å². The SMILES string of the molecule is C=CCN1CC[C@]23c4c5ccc(O)c4OC2C(NC(=O)C(CC)c2ccccc2)CC[C@@]3(O)[C@H]1C5. The summed E-state index contributed by atoms with van der Waals surface area (Å²) in [5, 5.41) is 26.5. The number of nitrogens with zero attached hydrogens (tertiary/aromatic N) is 1. The minimum absolute atomic E-state index is 0.00834. The van der Waals surface area contributed by atoms with Crippen molar-refractivity contribution in [2.24, 2.45) is 0 Å². The standard InChI is InChI=1S/C29H34N2O4/c1-3-15-31-16-14-28-24-19-10-11-22(32)25(24)35-26(28)21(12-13-29(28,34)23(31)17-19)30-27(33)20(4-2)18-8-6-5-7-9-18/h3,5-11,20-21,23,26,32,34H,1,4,12-17H2,2H3,(H,30,33)/t20?,21?,23-,26?,28+,29-/m1/s1. The van der Waals surface area contributed by atoms with Gasteiger partial charge < -0.3 is 20.3 Å². The number of amides is 1. The van der Waals surface area contributed by atoms with Gasteiger partial charge in [0.15, 0.2) is 11.5 Å². The Morgan fingerprint density at radius 3 is 2.83 bits per heavy atom. The van der Waals surface area contributed by atoms with Crippen LogP contribution in [0.4, 0.5) is 0 Å². The normalized spacial score (nSPS) is 33.4. The fraction of sp³-hybridized carbons (Fsp3) is 0.483. The van der Waals surface area contributed by atoms with E-state index in [9.17, 15) is 15.0 Å². The summed E-state index contributed by atoms with van der Waals surface area (Å²) in [4.78, 5) is 15.9. The molecular formula is C29H34N2O4. The molecule has 1 amide bonds. The molecule has 3 unspecified atom stereocenters. The zero-order valence-electron chi connectivity index (χ0n) is 20.2. The molecule has 2 aliphatic carbocycles. The molecule has 2 aromatic carbocycles. The molecule has 2 fully saturated rings. The monoisotopic (exact) mass is 474 g/mol. The van der Waals surface area contributed by atoms with Gasteiger partial charge in [-0.25, -0.2) is 0 Å². The van der Waals surface area contributed by atoms with Crippen LogP contribution in [0, 0.1) is 0 Å². The van der Waals surface area contributed by atoms with Crippen molar-refractivity contribution in [2.75, 3.05) is 13.1 Å². The molecule has 2 aromatic rings. The fourth-order valence-corrected chi connectivity index (χ4v) is 7.70. The third-order valence-electron chi connectivity index (χ3n) is 9.19. The van der Waals surface area contributed by atoms with Crippen LogP contribution < -0.4 is 10.1 Å². The molecule has 2 heterocycles. The van der Waals surface area contributed by atoms with E-state index >= 15 is 0 Å². The highest BCUT2D eigenvalue weighted by atomic mass is 16.5. The van der Waals surface area contributed by atoms with Crippen molar-refractivity contribution >= 4 is 5.91 Å². The van der Waals surface area contributed by atoms with Gasteiger partial charge in [-0.05, 0) is 55.8 Å². The van der Waals surface area contributed by atoms with Gasteiger partial charge in [-0.3, -0.25) is 9.69 Å². The van der Waals surface area contributed by atoms with E-state index in [2.05, 4.69) is 16.8 Å². The van der Waals surface area contributed by atoms with Gasteiger partial charge in [-0.2, -0.15) is 0 Å². The molecule has 184 valence electrons. The highest BCUT2D eigenvalue weighted by Crippen LogP contribution is 2.65. The van der Waals surface area contributed by atoms with Crippen molar-refractivity contribution in [2.45, 2.75) is 74.1 Å². The van der Waals surface area contributed by atoms with Crippen LogP contribution in [0.3, 0.4) is 0 Å². The van der Waals surface area contributed by atoms with Crippen LogP contribution in [0.5, 0.6) is 11.5 Å². The van der Waals surface area contributed by atoms with Crippen molar-refractivity contribution < 1.29 is 19.7 Å². The number of rotatable bonds is 6. The molecule has 6 nitrogen and oxygen atoms in total. The second kappa shape index (κ2) is 8.10. The molecule has 2 bridgehead atoms. The van der Waals surface area contributed by atoms with Crippen LogP contribution in [0.25, 0.3) is 0 Å². The van der Waals surface area contributed by atoms with Crippen molar-refractivity contribution in [3.8, 4) is 11.5 Å². The maximum absolute atomic E-state index is 13.5. The molecule has 1 spiro atoms. The number of phenols is 1. The lowest BCUT2D eigenvalue weighted by atomic mass is 9.48. The first-order valence-corrected chi connectivity index (χ1v) is 12.9. The Balaban J connectivity index is 1.39. The van der Waals surface area contributed by atoms with Gasteiger partial charge in [-0.15, -0.1) is 6.58 Å². The first kappa shape index (κ1) is 22.6. The highest BCUT2D eigenvalue weighted by molar-refractivity contribution is 5.84. The number of carbonyl (C=O) groups is 1. The molecular weight excluding hydrogens is 440 g/mol. The Kier molecular flexibility index (Phi) is 5.24. The minimum atomic E-state index is -0.990. The Hall–Kier alpha value is -2.83. The lowest BCUT2D eigenvalue weighted by Crippen LogP contribution is -2.78. The van der Waals surface area contributed by atoms with Gasteiger partial charge in [0.1, 0.15) is 6.10 Å². The zero-order valence-corrected chi connectivity index (χ0v) is 20.2. The van der Waals surface area contributed by atoms with Gasteiger partial charge >= 0.3 is 0 Å². The van der Waals surface area contributed by atoms with Crippen molar-refractivity contribution in [3.05, 3.63) is 71.8 Å². The maximum Gasteiger partial charge on any atom is 0.227 e. The summed E-state index contributed by atoms with van der Waals surface area (Å²) in [6, 6.07) is 13.3. The highest BCUT2D eigenvalue weighted by Gasteiger charge is 2.73. The van der Waals surface area contributed by atoms with Gasteiger partial charge in [-0.1, -0.05) is 49.4 Å². The molecule has 0 aromatic heterocycles. The Morgan fingerprint density at radius 1 is 1.29 bits per heavy atom. The summed E-state index contributed by atoms with van der Waals surface area (Å²) in [5.41, 5.74) is 1.46. The quantitative estimate of drug-likeness (QED) is 0.559. The van der Waals surface area contributed by atoms with E-state index in [1.54, 1.807) is 6.07 Å². The summed E-state index contributed by atoms with van der Waals surface area (Å²) in [7, 11) is 0. The van der Waals surface area contributed by atoms with E-state index in [0.29, 0.717) is 37.9 Å². The predicted molar refractivity (Wildman–Crippen MR) is 134 cm³/mol. The summed E-state index contributed by atoms with van der Waals surface area (Å²) in [6.07, 6.45) is 4.82. The molecule has 35 heavy (non-hydrogen) atoms. The van der Waals surface area contributed by atoms with Crippen LogP contribution in [0.15, 0.2) is 55.1 Å². The second-order valence-electron chi connectivity index (χ2n) is 10.7. The number of phenolic OH excluding ortho intramolecular Hbond substituents is 1. The van der Waals surface area contributed by atoms with Gasteiger partial charge in [0.25, 0.3) is 0 Å². The fourth-order valence-electron chi connectivity index (χ4n) is 7.70. The number of ether oxygens (including phenoxy) is 1. The average molecular weight is 475 g/mol. The van der Waals surface area contributed by atoms with Crippen LogP contribution in [0.2, 0.25) is 0 Å². The third kappa shape index (κ3) is 2.99. The first-order valence-electron chi connectivity index (χ1n) is 12.9. The number of likely N-dealkylation sites (tertiary alicyclic amines) is 1. The van der Waals surface area contributed by atoms with E-state index in [1.165, 1.54) is 0 Å². The number of aliphatic hydroxyl groups is 1. The maximum atomic E-state index is 13.5. The number of hydrogen-bond donors (Lipinski definition) is 3. The lowest BCUT2D eigenvalue weighted by Gasteiger charge is -2.64. The van der Waals surface area contributed by atoms with Crippen molar-refractivity contribution in [3.63, 3.8) is 0 Å². The topological polar surface area (TPSA) is 82.0 Å².